The van der Waals surface area contributed by atoms with Gasteiger partial charge in [-0.15, -0.1) is 0 Å². The summed E-state index contributed by atoms with van der Waals surface area (Å²) in [7, 11) is 2.61. The van der Waals surface area contributed by atoms with Crippen LogP contribution in [0.3, 0.4) is 0 Å². The Balaban J connectivity index is 0.000000217. The number of likely N-dealkylation sites (tertiary alicyclic amines) is 5. The smallest absolute Gasteiger partial charge is 0.325 e. The van der Waals surface area contributed by atoms with E-state index in [4.69, 9.17) is 5.73 Å². The zero-order valence-electron chi connectivity index (χ0n) is 65.8. The number of benzene rings is 5. The minimum atomic E-state index is -0.477. The maximum absolute atomic E-state index is 12.1. The Morgan fingerprint density at radius 1 is 0.378 bits per heavy atom. The molecule has 5 aromatic rings. The summed E-state index contributed by atoms with van der Waals surface area (Å²) in [4.78, 5) is 89.9. The SMILES string of the molecule is CC(C)NC(=O)N1CCC(C#N)(CCc2ccccc2)CC1.CCNC(=O)N1CCC(C#N)(CCc2ccccc2)CC1.COC(=O)CCNC(=O)N1CCC(C#N)(CCc2ccccc2)CC1.COC(=O)CNC(=O)N1CCC(C#N)(CCc2ccccc2)CC1.N#CC1(CCc2ccccc2)CCN(C(N)=O)CC1. The lowest BCUT2D eigenvalue weighted by Crippen LogP contribution is -2.48. The number of carbonyl (C=O) groups is 7. The summed E-state index contributed by atoms with van der Waals surface area (Å²) in [6, 6.07) is 62.8. The third-order valence-corrected chi connectivity index (χ3v) is 22.1. The van der Waals surface area contributed by atoms with Crippen LogP contribution in [-0.4, -0.2) is 172 Å². The summed E-state index contributed by atoms with van der Waals surface area (Å²) in [5.74, 6) is -0.821. The predicted molar refractivity (Wildman–Crippen MR) is 426 cm³/mol. The number of amides is 10. The highest BCUT2D eigenvalue weighted by molar-refractivity contribution is 5.81. The minimum Gasteiger partial charge on any atom is -0.469 e. The molecule has 24 nitrogen and oxygen atoms in total. The van der Waals surface area contributed by atoms with Gasteiger partial charge in [-0.05, 0) is 177 Å². The summed E-state index contributed by atoms with van der Waals surface area (Å²) in [5.41, 5.74) is 9.93. The molecular weight excluding hydrogens is 1400 g/mol. The van der Waals surface area contributed by atoms with E-state index in [0.717, 1.165) is 103 Å². The van der Waals surface area contributed by atoms with Gasteiger partial charge in [-0.2, -0.15) is 26.3 Å². The number of rotatable bonds is 22. The number of ether oxygens (including phenoxy) is 2. The van der Waals surface area contributed by atoms with E-state index in [1.807, 2.05) is 122 Å². The molecule has 6 N–H and O–H groups in total. The Morgan fingerprint density at radius 3 is 0.856 bits per heavy atom. The van der Waals surface area contributed by atoms with E-state index in [1.165, 1.54) is 42.0 Å². The van der Waals surface area contributed by atoms with Crippen molar-refractivity contribution in [3.8, 4) is 30.3 Å². The summed E-state index contributed by atoms with van der Waals surface area (Å²) in [5, 5.41) is 58.9. The van der Waals surface area contributed by atoms with Crippen LogP contribution in [0, 0.1) is 83.7 Å². The molecule has 0 aromatic heterocycles. The standard InChI is InChI=1S/C19H25N3O3.C18H23N3O3.C18H25N3O.C17H23N3O.C15H19N3O/c1-25-17(23)8-12-21-18(24)22-13-10-19(15-20,11-14-22)9-7-16-5-3-2-4-6-16;1-24-16(22)13-20-17(23)21-11-9-18(14-19,10-12-21)8-7-15-5-3-2-4-6-15;1-15(2)20-17(22)21-12-10-18(14-19,11-13-21)9-8-16-6-4-3-5-7-16;1-2-19-16(21)20-12-10-17(14-18,11-13-20)9-8-15-6-4-3-5-7-15;16-12-15(7-6-13-4-2-1-3-5-13)8-10-18(11-9-15)14(17)19/h2-6H,7-14H2,1H3,(H,21,24);2-6H,7-13H2,1H3,(H,20,23);3-7,15H,8-13H2,1-2H3,(H,20,22);3-7H,2,8-13H2,1H3,(H,19,21);1-5H,6-11H2,(H2,17,19). The molecule has 5 fully saturated rings. The zero-order valence-corrected chi connectivity index (χ0v) is 65.8. The lowest BCUT2D eigenvalue weighted by molar-refractivity contribution is -0.140. The van der Waals surface area contributed by atoms with Crippen LogP contribution in [0.5, 0.6) is 0 Å². The van der Waals surface area contributed by atoms with Gasteiger partial charge in [-0.25, -0.2) is 24.0 Å². The van der Waals surface area contributed by atoms with Gasteiger partial charge in [0.05, 0.1) is 78.1 Å². The van der Waals surface area contributed by atoms with Gasteiger partial charge in [0.1, 0.15) is 6.54 Å². The number of nitrogens with two attached hydrogens (primary N) is 1. The van der Waals surface area contributed by atoms with Gasteiger partial charge in [0.2, 0.25) is 0 Å². The van der Waals surface area contributed by atoms with Crippen molar-refractivity contribution in [1.29, 1.82) is 26.3 Å². The molecule has 0 atom stereocenters. The van der Waals surface area contributed by atoms with Gasteiger partial charge in [-0.1, -0.05) is 152 Å². The number of piperidine rings is 5. The second-order valence-electron chi connectivity index (χ2n) is 29.9. The van der Waals surface area contributed by atoms with Crippen LogP contribution >= 0.6 is 0 Å². The van der Waals surface area contributed by atoms with Gasteiger partial charge >= 0.3 is 42.1 Å². The fourth-order valence-corrected chi connectivity index (χ4v) is 14.4. The Labute approximate surface area is 657 Å². The van der Waals surface area contributed by atoms with Crippen molar-refractivity contribution in [2.45, 2.75) is 162 Å². The van der Waals surface area contributed by atoms with E-state index in [-0.39, 0.29) is 88.8 Å². The third-order valence-electron chi connectivity index (χ3n) is 22.1. The normalized spacial score (nSPS) is 16.7. The van der Waals surface area contributed by atoms with Crippen LogP contribution < -0.4 is 27.0 Å². The molecule has 5 aromatic carbocycles. The number of primary amides is 1. The van der Waals surface area contributed by atoms with E-state index in [9.17, 15) is 59.9 Å². The number of carbonyl (C=O) groups excluding carboxylic acids is 7. The van der Waals surface area contributed by atoms with Gasteiger partial charge in [0.15, 0.2) is 0 Å². The maximum Gasteiger partial charge on any atom is 0.325 e. The highest BCUT2D eigenvalue weighted by Gasteiger charge is 2.40. The van der Waals surface area contributed by atoms with E-state index < -0.39 is 5.97 Å². The molecule has 10 rings (SSSR count). The zero-order chi connectivity index (χ0) is 80.4. The molecule has 5 aliphatic heterocycles. The number of methoxy groups -OCH3 is 2. The van der Waals surface area contributed by atoms with E-state index in [2.05, 4.69) is 122 Å². The van der Waals surface area contributed by atoms with Crippen LogP contribution in [0.2, 0.25) is 0 Å². The molecule has 0 aliphatic carbocycles. The maximum atomic E-state index is 12.1. The lowest BCUT2D eigenvalue weighted by atomic mass is 9.75. The molecule has 10 amide bonds. The first-order chi connectivity index (χ1) is 53.5. The molecule has 5 heterocycles. The first-order valence-electron chi connectivity index (χ1n) is 39.1. The van der Waals surface area contributed by atoms with Crippen LogP contribution in [0.4, 0.5) is 24.0 Å². The number of hydrogen-bond donors (Lipinski definition) is 5. The van der Waals surface area contributed by atoms with E-state index >= 15 is 0 Å². The number of hydrogen-bond acceptors (Lipinski definition) is 14. The molecule has 0 unspecified atom stereocenters. The average Bonchev–Trinajstić information content (AvgIpc) is 0.852. The van der Waals surface area contributed by atoms with Crippen LogP contribution in [0.1, 0.15) is 151 Å². The number of aryl methyl sites for hydroxylation is 5. The largest absolute Gasteiger partial charge is 0.469 e. The molecule has 111 heavy (non-hydrogen) atoms. The molecule has 0 bridgehead atoms. The quantitative estimate of drug-likeness (QED) is 0.0402. The Morgan fingerprint density at radius 2 is 0.622 bits per heavy atom. The molecule has 5 aliphatic rings. The highest BCUT2D eigenvalue weighted by atomic mass is 16.5. The van der Waals surface area contributed by atoms with Crippen molar-refractivity contribution >= 4 is 42.1 Å². The Bertz CT molecular complexity index is 3890. The number of nitriles is 5. The van der Waals surface area contributed by atoms with Gasteiger partial charge < -0.3 is 61.0 Å². The lowest BCUT2D eigenvalue weighted by Gasteiger charge is -2.37. The third kappa shape index (κ3) is 30.0. The molecule has 24 heteroatoms. The van der Waals surface area contributed by atoms with Crippen molar-refractivity contribution < 1.29 is 43.0 Å². The summed E-state index contributed by atoms with van der Waals surface area (Å²) in [6.45, 7) is 12.7. The number of nitrogens with zero attached hydrogens (tertiary/aromatic N) is 10. The van der Waals surface area contributed by atoms with E-state index in [0.29, 0.717) is 97.7 Å². The number of urea groups is 5. The van der Waals surface area contributed by atoms with Crippen molar-refractivity contribution in [1.82, 2.24) is 45.8 Å². The second-order valence-corrected chi connectivity index (χ2v) is 29.9. The van der Waals surface area contributed by atoms with Crippen LogP contribution in [0.15, 0.2) is 152 Å². The molecule has 592 valence electrons. The molecular formula is C87H115N15O9. The number of esters is 2. The van der Waals surface area contributed by atoms with Crippen molar-refractivity contribution in [2.24, 2.45) is 32.8 Å². The predicted octanol–water partition coefficient (Wildman–Crippen LogP) is 13.2. The fraction of sp³-hybridized carbons (Fsp3) is 0.517. The van der Waals surface area contributed by atoms with Gasteiger partial charge in [-0.3, -0.25) is 9.59 Å². The van der Waals surface area contributed by atoms with Crippen LogP contribution in [0.25, 0.3) is 0 Å². The van der Waals surface area contributed by atoms with E-state index in [1.54, 1.807) is 14.7 Å². The molecule has 0 saturated carbocycles. The molecule has 0 radical (unpaired) electrons. The van der Waals surface area contributed by atoms with Crippen molar-refractivity contribution in [3.63, 3.8) is 0 Å². The van der Waals surface area contributed by atoms with Crippen LogP contribution in [-0.2, 0) is 51.2 Å². The molecule has 5 saturated heterocycles. The first-order valence-corrected chi connectivity index (χ1v) is 39.1. The number of nitrogens with one attached hydrogen (secondary N) is 4. The monoisotopic (exact) mass is 1510 g/mol. The van der Waals surface area contributed by atoms with Crippen molar-refractivity contribution in [2.75, 3.05) is 99.3 Å². The Kier molecular flexibility index (Phi) is 37.1. The highest BCUT2D eigenvalue weighted by Crippen LogP contribution is 2.40. The molecule has 0 spiro atoms. The topological polar surface area (TPSA) is 347 Å². The summed E-state index contributed by atoms with van der Waals surface area (Å²) in [6.07, 6.45) is 16.0. The fourth-order valence-electron chi connectivity index (χ4n) is 14.4. The summed E-state index contributed by atoms with van der Waals surface area (Å²) < 4.78 is 9.04. The second kappa shape index (κ2) is 46.4. The first kappa shape index (κ1) is 88.7. The van der Waals surface area contributed by atoms with Crippen molar-refractivity contribution in [3.05, 3.63) is 179 Å². The van der Waals surface area contributed by atoms with Gasteiger partial charge in [0, 0.05) is 84.6 Å². The average molecular weight is 1510 g/mol. The summed E-state index contributed by atoms with van der Waals surface area (Å²) >= 11 is 0. The van der Waals surface area contributed by atoms with Gasteiger partial charge in [0.25, 0.3) is 0 Å². The minimum absolute atomic E-state index is 0.00732. The Hall–Kier alpha value is -11.2.